The Hall–Kier alpha value is -3.76. The predicted octanol–water partition coefficient (Wildman–Crippen LogP) is 13.6. The van der Waals surface area contributed by atoms with Crippen molar-refractivity contribution in [1.29, 1.82) is 0 Å². The van der Waals surface area contributed by atoms with E-state index in [0.29, 0.717) is 42.3 Å². The molecule has 10 atom stereocenters. The molecule has 10 unspecified atom stereocenters. The number of hydrogen-bond donors (Lipinski definition) is 2. The third-order valence-electron chi connectivity index (χ3n) is 20.0. The van der Waals surface area contributed by atoms with Crippen molar-refractivity contribution in [2.24, 2.45) is 11.8 Å². The molecule has 7 heterocycles. The first kappa shape index (κ1) is 82.3. The van der Waals surface area contributed by atoms with Crippen LogP contribution < -0.4 is 15.5 Å². The van der Waals surface area contributed by atoms with Gasteiger partial charge in [0.25, 0.3) is 0 Å². The Morgan fingerprint density at radius 2 is 0.978 bits per heavy atom. The molecule has 7 aliphatic rings. The van der Waals surface area contributed by atoms with Crippen molar-refractivity contribution in [2.75, 3.05) is 148 Å². The minimum Gasteiger partial charge on any atom is -0.379 e. The fourth-order valence-electron chi connectivity index (χ4n) is 11.4. The van der Waals surface area contributed by atoms with Crippen molar-refractivity contribution in [3.05, 3.63) is 137 Å². The zero-order valence-electron chi connectivity index (χ0n) is 63.0. The van der Waals surface area contributed by atoms with Crippen LogP contribution in [0.2, 0.25) is 0 Å². The smallest absolute Gasteiger partial charge is 0.0619 e. The van der Waals surface area contributed by atoms with Crippen molar-refractivity contribution in [3.63, 3.8) is 0 Å². The summed E-state index contributed by atoms with van der Waals surface area (Å²) in [6, 6.07) is 43.3. The van der Waals surface area contributed by atoms with Crippen molar-refractivity contribution < 1.29 is 4.74 Å². The van der Waals surface area contributed by atoms with Crippen molar-refractivity contribution in [1.82, 2.24) is 49.8 Å². The van der Waals surface area contributed by atoms with Crippen LogP contribution in [-0.2, 0) is 30.5 Å². The fraction of sp³-hybridized carbons (Fsp3) is 0.692. The highest BCUT2D eigenvalue weighted by Gasteiger charge is 2.24. The summed E-state index contributed by atoms with van der Waals surface area (Å²) >= 11 is 0. The first-order valence-corrected chi connectivity index (χ1v) is 35.0. The van der Waals surface area contributed by atoms with Gasteiger partial charge in [-0.05, 0) is 243 Å². The van der Waals surface area contributed by atoms with E-state index in [0.717, 1.165) is 56.3 Å². The zero-order chi connectivity index (χ0) is 67.6. The highest BCUT2D eigenvalue weighted by molar-refractivity contribution is 5.58. The summed E-state index contributed by atoms with van der Waals surface area (Å²) in [6.45, 7) is 42.7. The van der Waals surface area contributed by atoms with Crippen LogP contribution in [0.5, 0.6) is 0 Å². The lowest BCUT2D eigenvalue weighted by atomic mass is 9.94. The van der Waals surface area contributed by atoms with E-state index >= 15 is 0 Å². The first-order chi connectivity index (χ1) is 42.5. The molecular weight excluding hydrogens is 1110 g/mol. The Balaban J connectivity index is 0.000000344. The molecule has 514 valence electrons. The summed E-state index contributed by atoms with van der Waals surface area (Å²) in [5, 5.41) is 6.21. The van der Waals surface area contributed by atoms with E-state index in [1.807, 2.05) is 20.2 Å². The number of morpholine rings is 1. The number of piperazine rings is 1. The van der Waals surface area contributed by atoms with Gasteiger partial charge in [-0.3, -0.25) is 14.7 Å². The zero-order valence-corrected chi connectivity index (χ0v) is 63.0. The number of anilines is 1. The molecule has 12 nitrogen and oxygen atoms in total. The summed E-state index contributed by atoms with van der Waals surface area (Å²) in [6.07, 6.45) is 7.77. The summed E-state index contributed by atoms with van der Waals surface area (Å²) in [7, 11) is 25.6. The van der Waals surface area contributed by atoms with E-state index < -0.39 is 0 Å². The van der Waals surface area contributed by atoms with E-state index in [1.165, 1.54) is 117 Å². The second-order valence-electron chi connectivity index (χ2n) is 28.6. The van der Waals surface area contributed by atoms with Crippen LogP contribution in [0.4, 0.5) is 5.69 Å². The molecule has 4 saturated heterocycles. The minimum absolute atomic E-state index is 0.459. The number of nitrogens with one attached hydrogen (secondary N) is 2. The molecule has 0 aromatic heterocycles. The van der Waals surface area contributed by atoms with Crippen LogP contribution in [0, 0.1) is 11.8 Å². The number of rotatable bonds is 4. The topological polar surface area (TPSA) is 62.5 Å². The molecule has 0 bridgehead atoms. The van der Waals surface area contributed by atoms with Gasteiger partial charge in [0.1, 0.15) is 0 Å². The maximum atomic E-state index is 5.21. The number of fused-ring (bicyclic) bond motifs is 3. The summed E-state index contributed by atoms with van der Waals surface area (Å²) < 4.78 is 5.21. The molecule has 0 aliphatic carbocycles. The third kappa shape index (κ3) is 31.9. The van der Waals surface area contributed by atoms with Gasteiger partial charge in [0.2, 0.25) is 0 Å². The average molecular weight is 1250 g/mol. The summed E-state index contributed by atoms with van der Waals surface area (Å²) in [4.78, 5) is 21.3. The Kier molecular flexibility index (Phi) is 41.0. The van der Waals surface area contributed by atoms with E-state index in [-0.39, 0.29) is 0 Å². The Morgan fingerprint density at radius 3 is 1.44 bits per heavy atom. The maximum absolute atomic E-state index is 5.21. The molecule has 4 aromatic carbocycles. The lowest BCUT2D eigenvalue weighted by Crippen LogP contribution is -2.48. The second kappa shape index (κ2) is 44.8. The molecule has 90 heavy (non-hydrogen) atoms. The van der Waals surface area contributed by atoms with Crippen molar-refractivity contribution in [3.8, 4) is 0 Å². The van der Waals surface area contributed by atoms with Gasteiger partial charge in [-0.2, -0.15) is 0 Å². The van der Waals surface area contributed by atoms with E-state index in [9.17, 15) is 0 Å². The number of likely N-dealkylation sites (tertiary alicyclic amines) is 2. The van der Waals surface area contributed by atoms with Crippen LogP contribution in [0.15, 0.2) is 103 Å². The van der Waals surface area contributed by atoms with Gasteiger partial charge in [-0.25, -0.2) is 0 Å². The number of piperidine rings is 1. The number of ether oxygens (including phenoxy) is 1. The van der Waals surface area contributed by atoms with E-state index in [4.69, 9.17) is 4.74 Å². The lowest BCUT2D eigenvalue weighted by Gasteiger charge is -2.35. The maximum Gasteiger partial charge on any atom is 0.0619 e. The summed E-state index contributed by atoms with van der Waals surface area (Å²) in [5.74, 6) is 1.88. The molecule has 0 spiro atoms. The van der Waals surface area contributed by atoms with E-state index in [2.05, 4.69) is 319 Å². The Labute approximate surface area is 556 Å². The molecule has 7 aliphatic heterocycles. The third-order valence-corrected chi connectivity index (χ3v) is 20.0. The molecule has 0 amide bonds. The van der Waals surface area contributed by atoms with Crippen LogP contribution in [-0.4, -0.2) is 231 Å². The quantitative estimate of drug-likeness (QED) is 0.205. The molecule has 0 radical (unpaired) electrons. The van der Waals surface area contributed by atoms with Gasteiger partial charge in [-0.15, -0.1) is 0 Å². The molecule has 4 fully saturated rings. The van der Waals surface area contributed by atoms with Crippen molar-refractivity contribution >= 4 is 5.69 Å². The van der Waals surface area contributed by atoms with Gasteiger partial charge >= 0.3 is 0 Å². The molecular formula is C78H141N11O. The predicted molar refractivity (Wildman–Crippen MR) is 396 cm³/mol. The van der Waals surface area contributed by atoms with Crippen molar-refractivity contribution in [2.45, 2.75) is 202 Å². The van der Waals surface area contributed by atoms with Gasteiger partial charge in [0.05, 0.1) is 13.2 Å². The Bertz CT molecular complexity index is 2340. The minimum atomic E-state index is 0.459. The van der Waals surface area contributed by atoms with Crippen LogP contribution in [0.1, 0.15) is 162 Å². The van der Waals surface area contributed by atoms with Gasteiger partial charge in [0.15, 0.2) is 0 Å². The second-order valence-corrected chi connectivity index (χ2v) is 28.6. The largest absolute Gasteiger partial charge is 0.379 e. The molecule has 4 aromatic rings. The number of benzene rings is 4. The normalized spacial score (nSPS) is 25.5. The first-order valence-electron chi connectivity index (χ1n) is 35.0. The van der Waals surface area contributed by atoms with Gasteiger partial charge in [0, 0.05) is 119 Å². The highest BCUT2D eigenvalue weighted by Crippen LogP contribution is 2.30. The number of para-hydroxylation sites is 1. The summed E-state index contributed by atoms with van der Waals surface area (Å²) in [5.41, 5.74) is 10.3. The van der Waals surface area contributed by atoms with Crippen LogP contribution >= 0.6 is 0 Å². The molecule has 12 heteroatoms. The standard InChI is InChI=1S/2C11H15N.C10H13N.C9H13N.C8H17N.C7H16N2.C7H15N.C6H13NO.C5H13N.C4H11N/c1-9-7-10-5-3-4-6-11(10)8-12(9)2;1-9-11-6-4-3-5-10(11)7-8-12(9)2;1-8-7-9-5-3-4-6-10(9)11(8)2;1-8(10-2)9-6-4-3-5-7-9;1-7-4-5-9(3)8(2)6-7;1-7-6-8(2)4-5-9(7)3;1-6-4-7(2)8(3)5-6;1-6-5-8-4-3-7(6)2;1-5(2)6(3)4;1-4(2)5-3/h2*3-6,9H,7-8H2,1-2H3;3-6,8H,7H2,1-2H3;3-8,10H,1-2H3;7-8H,4-6H2,1-3H3;7H,4-6H2,1-3H3;6-7H,4-5H2,1-3H3;6H,3-5H2,1-2H3;5H,1-4H3;4-5H,1-3H3. The molecule has 11 rings (SSSR count). The highest BCUT2D eigenvalue weighted by atomic mass is 16.5. The lowest BCUT2D eigenvalue weighted by molar-refractivity contribution is 0.0131. The van der Waals surface area contributed by atoms with Gasteiger partial charge in [-0.1, -0.05) is 125 Å². The molecule has 2 N–H and O–H groups in total. The van der Waals surface area contributed by atoms with E-state index in [1.54, 1.807) is 0 Å². The average Bonchev–Trinajstić information content (AvgIpc) is 1.41. The number of likely N-dealkylation sites (N-methyl/N-ethyl adjacent to an activating group) is 6. The number of nitrogens with zero attached hydrogens (tertiary/aromatic N) is 9. The van der Waals surface area contributed by atoms with Gasteiger partial charge < -0.3 is 44.8 Å². The monoisotopic (exact) mass is 1250 g/mol. The SMILES string of the molecule is CC(C)N(C)C.CC1CC(C)N(C)C1.CC1CCN(C)C(C)C1.CC1CN(C)CCN1C.CC1COCCN1C.CC1Cc2ccccc2CN1C.CC1Cc2ccccc2N1C.CC1c2ccccc2CCN1C.CNC(C)C.CNC(C)c1ccccc1. The fourth-order valence-corrected chi connectivity index (χ4v) is 11.4. The van der Waals surface area contributed by atoms with Crippen LogP contribution in [0.3, 0.4) is 0 Å². The number of hydrogen-bond acceptors (Lipinski definition) is 12. The Morgan fingerprint density at radius 1 is 0.467 bits per heavy atom. The molecule has 0 saturated carbocycles. The van der Waals surface area contributed by atoms with Crippen LogP contribution in [0.25, 0.3) is 0 Å².